The van der Waals surface area contributed by atoms with E-state index in [-0.39, 0.29) is 5.56 Å². The molecule has 1 N–H and O–H groups in total. The van der Waals surface area contributed by atoms with Crippen LogP contribution in [0.3, 0.4) is 0 Å². The van der Waals surface area contributed by atoms with Crippen molar-refractivity contribution < 1.29 is 14.6 Å². The molecule has 2 rings (SSSR count). The molecule has 0 aliphatic rings. The number of aromatic carboxylic acids is 1. The lowest BCUT2D eigenvalue weighted by atomic mass is 10.1. The van der Waals surface area contributed by atoms with E-state index >= 15 is 0 Å². The standard InChI is InChI=1S/C13H15N3O3/c1-3-16-12(14-8-15-16)7-19-11-5-4-10(13(17)18)6-9(11)2/h4-6,8H,3,7H2,1-2H3,(H,17,18). The van der Waals surface area contributed by atoms with E-state index in [0.29, 0.717) is 12.4 Å². The van der Waals surface area contributed by atoms with E-state index in [1.807, 2.05) is 13.8 Å². The predicted molar refractivity (Wildman–Crippen MR) is 68.2 cm³/mol. The third kappa shape index (κ3) is 2.90. The fourth-order valence-corrected chi connectivity index (χ4v) is 1.75. The average Bonchev–Trinajstić information content (AvgIpc) is 2.84. The second kappa shape index (κ2) is 5.51. The Bertz CT molecular complexity index is 593. The van der Waals surface area contributed by atoms with Crippen molar-refractivity contribution in [2.45, 2.75) is 27.0 Å². The lowest BCUT2D eigenvalue weighted by molar-refractivity contribution is 0.0696. The molecule has 0 aliphatic carbocycles. The zero-order valence-electron chi connectivity index (χ0n) is 10.8. The van der Waals surface area contributed by atoms with Crippen LogP contribution in [-0.4, -0.2) is 25.8 Å². The highest BCUT2D eigenvalue weighted by molar-refractivity contribution is 5.88. The number of benzene rings is 1. The molecule has 0 radical (unpaired) electrons. The van der Waals surface area contributed by atoms with Gasteiger partial charge in [0.15, 0.2) is 5.82 Å². The maximum Gasteiger partial charge on any atom is 0.335 e. The Balaban J connectivity index is 2.10. The van der Waals surface area contributed by atoms with Gasteiger partial charge in [-0.3, -0.25) is 0 Å². The summed E-state index contributed by atoms with van der Waals surface area (Å²) in [7, 11) is 0. The molecule has 0 atom stereocenters. The Morgan fingerprint density at radius 2 is 2.26 bits per heavy atom. The molecular weight excluding hydrogens is 246 g/mol. The van der Waals surface area contributed by atoms with Gasteiger partial charge in [-0.2, -0.15) is 5.10 Å². The lowest BCUT2D eigenvalue weighted by Crippen LogP contribution is -2.08. The summed E-state index contributed by atoms with van der Waals surface area (Å²) >= 11 is 0. The number of aromatic nitrogens is 3. The first-order chi connectivity index (χ1) is 9.11. The van der Waals surface area contributed by atoms with Crippen LogP contribution < -0.4 is 4.74 Å². The van der Waals surface area contributed by atoms with Gasteiger partial charge in [0.05, 0.1) is 5.56 Å². The van der Waals surface area contributed by atoms with Crippen molar-refractivity contribution in [3.05, 3.63) is 41.5 Å². The van der Waals surface area contributed by atoms with Crippen LogP contribution >= 0.6 is 0 Å². The normalized spacial score (nSPS) is 10.4. The molecule has 0 saturated carbocycles. The molecule has 0 bridgehead atoms. The van der Waals surface area contributed by atoms with Crippen molar-refractivity contribution in [2.75, 3.05) is 0 Å². The molecule has 0 fully saturated rings. The minimum atomic E-state index is -0.944. The summed E-state index contributed by atoms with van der Waals surface area (Å²) in [6.45, 7) is 4.83. The third-order valence-electron chi connectivity index (χ3n) is 2.77. The number of rotatable bonds is 5. The Morgan fingerprint density at radius 3 is 2.89 bits per heavy atom. The summed E-state index contributed by atoms with van der Waals surface area (Å²) in [4.78, 5) is 14.9. The maximum atomic E-state index is 10.8. The SMILES string of the molecule is CCn1ncnc1COc1ccc(C(=O)O)cc1C. The third-order valence-corrected chi connectivity index (χ3v) is 2.77. The maximum absolute atomic E-state index is 10.8. The molecule has 0 spiro atoms. The number of nitrogens with zero attached hydrogens (tertiary/aromatic N) is 3. The Kier molecular flexibility index (Phi) is 3.79. The smallest absolute Gasteiger partial charge is 0.335 e. The number of hydrogen-bond donors (Lipinski definition) is 1. The Hall–Kier alpha value is -2.37. The monoisotopic (exact) mass is 261 g/mol. The number of hydrogen-bond acceptors (Lipinski definition) is 4. The Morgan fingerprint density at radius 1 is 1.47 bits per heavy atom. The summed E-state index contributed by atoms with van der Waals surface area (Å²) in [5, 5.41) is 12.9. The van der Waals surface area contributed by atoms with Crippen molar-refractivity contribution in [1.29, 1.82) is 0 Å². The van der Waals surface area contributed by atoms with Gasteiger partial charge in [0.25, 0.3) is 0 Å². The van der Waals surface area contributed by atoms with E-state index < -0.39 is 5.97 Å². The topological polar surface area (TPSA) is 77.2 Å². The molecule has 1 aromatic heterocycles. The summed E-state index contributed by atoms with van der Waals surface area (Å²) < 4.78 is 7.39. The van der Waals surface area contributed by atoms with Crippen molar-refractivity contribution in [2.24, 2.45) is 0 Å². The first-order valence-corrected chi connectivity index (χ1v) is 5.95. The summed E-state index contributed by atoms with van der Waals surface area (Å²) in [5.41, 5.74) is 1.03. The van der Waals surface area contributed by atoms with Gasteiger partial charge in [-0.05, 0) is 37.6 Å². The number of carbonyl (C=O) groups is 1. The first kappa shape index (κ1) is 13.1. The van der Waals surface area contributed by atoms with Crippen molar-refractivity contribution in [3.8, 4) is 5.75 Å². The van der Waals surface area contributed by atoms with Gasteiger partial charge in [0.1, 0.15) is 18.7 Å². The molecule has 6 heteroatoms. The van der Waals surface area contributed by atoms with Crippen molar-refractivity contribution in [3.63, 3.8) is 0 Å². The molecule has 19 heavy (non-hydrogen) atoms. The van der Waals surface area contributed by atoms with E-state index in [1.54, 1.807) is 16.8 Å². The van der Waals surface area contributed by atoms with Crippen LogP contribution in [0.2, 0.25) is 0 Å². The van der Waals surface area contributed by atoms with Crippen LogP contribution in [0.15, 0.2) is 24.5 Å². The number of aryl methyl sites for hydroxylation is 2. The van der Waals surface area contributed by atoms with Crippen molar-refractivity contribution >= 4 is 5.97 Å². The van der Waals surface area contributed by atoms with Gasteiger partial charge in [0, 0.05) is 6.54 Å². The predicted octanol–water partition coefficient (Wildman–Crippen LogP) is 1.88. The van der Waals surface area contributed by atoms with Crippen LogP contribution in [0.25, 0.3) is 0 Å². The van der Waals surface area contributed by atoms with Crippen LogP contribution in [0.5, 0.6) is 5.75 Å². The first-order valence-electron chi connectivity index (χ1n) is 5.95. The molecule has 1 heterocycles. The molecule has 0 unspecified atom stereocenters. The fourth-order valence-electron chi connectivity index (χ4n) is 1.75. The second-order valence-electron chi connectivity index (χ2n) is 4.07. The number of ether oxygens (including phenoxy) is 1. The van der Waals surface area contributed by atoms with Gasteiger partial charge < -0.3 is 9.84 Å². The molecule has 0 saturated heterocycles. The highest BCUT2D eigenvalue weighted by Gasteiger charge is 2.08. The largest absolute Gasteiger partial charge is 0.485 e. The summed E-state index contributed by atoms with van der Waals surface area (Å²) in [6.07, 6.45) is 1.49. The van der Waals surface area contributed by atoms with Crippen LogP contribution in [0, 0.1) is 6.92 Å². The summed E-state index contributed by atoms with van der Waals surface area (Å²) in [5.74, 6) is 0.445. The summed E-state index contributed by atoms with van der Waals surface area (Å²) in [6, 6.07) is 4.77. The second-order valence-corrected chi connectivity index (χ2v) is 4.07. The highest BCUT2D eigenvalue weighted by Crippen LogP contribution is 2.20. The Labute approximate surface area is 110 Å². The zero-order chi connectivity index (χ0) is 13.8. The molecular formula is C13H15N3O3. The molecule has 6 nitrogen and oxygen atoms in total. The quantitative estimate of drug-likeness (QED) is 0.889. The molecule has 2 aromatic rings. The molecule has 0 aliphatic heterocycles. The lowest BCUT2D eigenvalue weighted by Gasteiger charge is -2.09. The van der Waals surface area contributed by atoms with Gasteiger partial charge in [-0.25, -0.2) is 14.5 Å². The van der Waals surface area contributed by atoms with Gasteiger partial charge in [-0.1, -0.05) is 0 Å². The van der Waals surface area contributed by atoms with E-state index in [9.17, 15) is 4.79 Å². The van der Waals surface area contributed by atoms with Crippen molar-refractivity contribution in [1.82, 2.24) is 14.8 Å². The van der Waals surface area contributed by atoms with Gasteiger partial charge >= 0.3 is 5.97 Å². The highest BCUT2D eigenvalue weighted by atomic mass is 16.5. The van der Waals surface area contributed by atoms with E-state index in [0.717, 1.165) is 17.9 Å². The minimum Gasteiger partial charge on any atom is -0.485 e. The van der Waals surface area contributed by atoms with E-state index in [1.165, 1.54) is 12.4 Å². The van der Waals surface area contributed by atoms with Crippen LogP contribution in [0.1, 0.15) is 28.7 Å². The minimum absolute atomic E-state index is 0.251. The molecule has 0 amide bonds. The van der Waals surface area contributed by atoms with Crippen LogP contribution in [-0.2, 0) is 13.2 Å². The van der Waals surface area contributed by atoms with Gasteiger partial charge in [0.2, 0.25) is 0 Å². The van der Waals surface area contributed by atoms with Crippen LogP contribution in [0.4, 0.5) is 0 Å². The fraction of sp³-hybridized carbons (Fsp3) is 0.308. The van der Waals surface area contributed by atoms with E-state index in [4.69, 9.17) is 9.84 Å². The average molecular weight is 261 g/mol. The van der Waals surface area contributed by atoms with E-state index in [2.05, 4.69) is 10.1 Å². The number of carboxylic acid groups (broad SMARTS) is 1. The van der Waals surface area contributed by atoms with Gasteiger partial charge in [-0.15, -0.1) is 0 Å². The molecule has 100 valence electrons. The number of carboxylic acids is 1. The molecule has 1 aromatic carbocycles. The zero-order valence-corrected chi connectivity index (χ0v) is 10.8.